The summed E-state index contributed by atoms with van der Waals surface area (Å²) >= 11 is 9.84. The van der Waals surface area contributed by atoms with Crippen LogP contribution in [0.1, 0.15) is 148 Å². The van der Waals surface area contributed by atoms with Crippen LogP contribution in [-0.2, 0) is 55.9 Å². The average molecular weight is 1550 g/mol. The van der Waals surface area contributed by atoms with Crippen molar-refractivity contribution in [3.05, 3.63) is 131 Å². The highest BCUT2D eigenvalue weighted by Crippen LogP contribution is 2.59. The fraction of sp³-hybridized carbons (Fsp3) is 0.493. The third kappa shape index (κ3) is 21.6. The van der Waals surface area contributed by atoms with Crippen molar-refractivity contribution in [3.63, 3.8) is 0 Å². The molecule has 30 heteroatoms. The molecule has 4 fully saturated rings. The highest BCUT2D eigenvalue weighted by Gasteiger charge is 2.46. The van der Waals surface area contributed by atoms with E-state index in [2.05, 4.69) is 63.9 Å². The molecule has 556 valence electrons. The second-order valence-corrected chi connectivity index (χ2v) is 37.7. The fourth-order valence-electron chi connectivity index (χ4n) is 14.4. The summed E-state index contributed by atoms with van der Waals surface area (Å²) in [7, 11) is 16.4. The van der Waals surface area contributed by atoms with Gasteiger partial charge < -0.3 is 66.9 Å². The smallest absolute Gasteiger partial charge is 0.328 e. The Kier molecular flexibility index (Phi) is 28.8. The first-order valence-electron chi connectivity index (χ1n) is 35.2. The van der Waals surface area contributed by atoms with Gasteiger partial charge in [-0.2, -0.15) is 23.5 Å². The molecule has 4 saturated heterocycles. The maximum Gasteiger partial charge on any atom is 0.328 e. The van der Waals surface area contributed by atoms with Crippen molar-refractivity contribution in [1.29, 1.82) is 0 Å². The van der Waals surface area contributed by atoms with Gasteiger partial charge in [0, 0.05) is 124 Å². The van der Waals surface area contributed by atoms with Crippen molar-refractivity contribution in [3.8, 4) is 0 Å². The summed E-state index contributed by atoms with van der Waals surface area (Å²) in [6.07, 6.45) is 14.5. The number of thioether (sulfide) groups is 2. The first-order chi connectivity index (χ1) is 49.7. The Hall–Kier alpha value is -7.04. The van der Waals surface area contributed by atoms with Crippen LogP contribution in [0.4, 0.5) is 21.0 Å². The molecule has 6 aliphatic heterocycles. The number of fused-ring (bicyclic) bond motifs is 8. The number of aromatic nitrogens is 2. The van der Waals surface area contributed by atoms with Crippen LogP contribution in [0.25, 0.3) is 21.8 Å². The normalized spacial score (nSPS) is 22.2. The number of unbranched alkanes of at least 4 members (excludes halogenated alkanes) is 6. The van der Waals surface area contributed by atoms with E-state index in [4.69, 9.17) is 53.1 Å². The summed E-state index contributed by atoms with van der Waals surface area (Å²) in [6, 6.07) is 29.6. The molecule has 11 N–H and O–H groups in total. The molecule has 6 aromatic rings. The van der Waals surface area contributed by atoms with E-state index in [1.54, 1.807) is 18.4 Å². The second kappa shape index (κ2) is 37.8. The quantitative estimate of drug-likeness (QED) is 0.00901. The van der Waals surface area contributed by atoms with Gasteiger partial charge in [-0.05, 0) is 150 Å². The minimum atomic E-state index is -1.75. The van der Waals surface area contributed by atoms with E-state index >= 15 is 0 Å². The lowest BCUT2D eigenvalue weighted by Gasteiger charge is -2.40. The zero-order chi connectivity index (χ0) is 73.2. The number of urea groups is 2. The van der Waals surface area contributed by atoms with Crippen LogP contribution in [0.5, 0.6) is 0 Å². The molecule has 0 spiro atoms. The monoisotopic (exact) mass is 1550 g/mol. The minimum Gasteiger partial charge on any atom is -0.468 e. The van der Waals surface area contributed by atoms with Crippen molar-refractivity contribution in [1.82, 2.24) is 52.1 Å². The van der Waals surface area contributed by atoms with Gasteiger partial charge in [-0.25, -0.2) is 14.4 Å². The number of esters is 2. The van der Waals surface area contributed by atoms with Crippen molar-refractivity contribution < 1.29 is 52.6 Å². The highest BCUT2D eigenvalue weighted by molar-refractivity contribution is 8.78. The number of H-pyrrole nitrogens is 2. The Labute approximate surface area is 628 Å². The van der Waals surface area contributed by atoms with Gasteiger partial charge in [0.1, 0.15) is 18.0 Å². The number of hydrogen-bond donors (Lipinski definition) is 11. The number of hydrogen-bond acceptors (Lipinski definition) is 14. The molecular formula is C73H92Cl4N12O11S3. The van der Waals surface area contributed by atoms with E-state index in [-0.39, 0.29) is 83.7 Å². The van der Waals surface area contributed by atoms with Gasteiger partial charge in [0.2, 0.25) is 29.5 Å². The van der Waals surface area contributed by atoms with E-state index in [9.17, 15) is 43.2 Å². The first kappa shape index (κ1) is 78.5. The predicted octanol–water partition coefficient (Wildman–Crippen LogP) is 11.9. The molecule has 0 saturated carbocycles. The lowest BCUT2D eigenvalue weighted by Crippen LogP contribution is -2.52. The van der Waals surface area contributed by atoms with Crippen LogP contribution in [0.2, 0.25) is 0 Å². The number of carbonyl (C=O) groups excluding carboxylic acids is 9. The van der Waals surface area contributed by atoms with Gasteiger partial charge in [-0.1, -0.05) is 86.3 Å². The Morgan fingerprint density at radius 2 is 0.990 bits per heavy atom. The summed E-state index contributed by atoms with van der Waals surface area (Å²) in [6.45, 7) is 1.20. The largest absolute Gasteiger partial charge is 0.468 e. The number of para-hydroxylation sites is 2. The molecule has 103 heavy (non-hydrogen) atoms. The number of anilines is 2. The van der Waals surface area contributed by atoms with Gasteiger partial charge in [0.05, 0.1) is 50.5 Å². The molecule has 8 heterocycles. The van der Waals surface area contributed by atoms with Crippen LogP contribution in [0.15, 0.2) is 97.1 Å². The van der Waals surface area contributed by atoms with E-state index in [0.29, 0.717) is 74.2 Å². The number of benzene rings is 4. The van der Waals surface area contributed by atoms with Gasteiger partial charge >= 0.3 is 24.0 Å². The van der Waals surface area contributed by atoms with E-state index in [0.717, 1.165) is 143 Å². The fourth-order valence-corrected chi connectivity index (χ4v) is 17.7. The van der Waals surface area contributed by atoms with Crippen molar-refractivity contribution >= 4 is 162 Å². The lowest BCUT2D eigenvalue weighted by atomic mass is 9.88. The average Bonchev–Trinajstić information content (AvgIpc) is 1.65. The minimum absolute atomic E-state index is 0.0408. The Balaban J connectivity index is 0.000000208. The van der Waals surface area contributed by atoms with Gasteiger partial charge in [-0.15, -0.1) is 11.6 Å². The predicted molar refractivity (Wildman–Crippen MR) is 412 cm³/mol. The maximum absolute atomic E-state index is 13.2. The number of carbonyl (C=O) groups is 9. The lowest BCUT2D eigenvalue weighted by molar-refractivity contribution is -0.154. The Morgan fingerprint density at radius 1 is 0.544 bits per heavy atom. The molecule has 10 unspecified atom stereocenters. The molecule has 0 radical (unpaired) electrons. The molecule has 0 bridgehead atoms. The van der Waals surface area contributed by atoms with Gasteiger partial charge in [-0.3, -0.25) is 34.1 Å². The molecular weight excluding hydrogens is 1460 g/mol. The van der Waals surface area contributed by atoms with E-state index in [1.807, 2.05) is 102 Å². The highest BCUT2D eigenvalue weighted by atomic mass is 36.2. The number of halogens is 4. The molecule has 6 aliphatic rings. The summed E-state index contributed by atoms with van der Waals surface area (Å²) < 4.78 is 10.2. The third-order valence-electron chi connectivity index (χ3n) is 19.4. The number of aromatic amines is 2. The molecule has 9 amide bonds. The number of amides is 9. The number of ether oxygens (including phenoxy) is 2. The van der Waals surface area contributed by atoms with Gasteiger partial charge in [0.15, 0.2) is 0 Å². The molecule has 12 rings (SSSR count). The number of rotatable bonds is 29. The standard InChI is InChI=1S/C37H45ClN6O6S.C35H44N6O5S.CH3Cl3S/c1-50-36(48)28-19-25-24-9-4-5-10-26(24)41-33(25)35(44(28)32(47)20-38)22-14-16-23(17-15-22)40-31(46)13-3-2-8-18-39-30(45)12-7-6-11-29-34-27(21-51-29)42-37(49)43-34;1-46-34(44)26-19-24-23-9-4-5-10-25(23)38-32(24)31(39-26)21-14-16-22(17-15-21)37-30(43)13-3-2-8-18-36-29(42)12-7-6-11-28-33-27(20-47-28)40-35(45)41-33;1-5(2,3)4/h4-5,9-10,14-17,27-29,34-35,41H,2-3,6-8,11-13,18-21H2,1H3,(H,39,45)(H,40,46)(H2,42,43,49);4-5,9-10,14-17,26-28,31,33,38-39H,2-3,6-8,11-13,18-20H2,1H3,(H,36,42)(H,37,43)(H2,40,41,45);1H3. The topological polar surface area (TPSA) is 315 Å². The molecule has 4 aromatic carbocycles. The van der Waals surface area contributed by atoms with Crippen molar-refractivity contribution in [2.24, 2.45) is 0 Å². The maximum atomic E-state index is 13.2. The van der Waals surface area contributed by atoms with E-state index in [1.165, 1.54) is 19.1 Å². The molecule has 0 aliphatic carbocycles. The number of alkyl halides is 1. The van der Waals surface area contributed by atoms with Gasteiger partial charge in [0.25, 0.3) is 0 Å². The summed E-state index contributed by atoms with van der Waals surface area (Å²) in [5.41, 5.74) is 8.95. The summed E-state index contributed by atoms with van der Waals surface area (Å²) in [5.74, 6) is 0.400. The SMILES string of the molecule is COC(=O)C1Cc2c([nH]c3ccccc23)C(c2ccc(NC(=O)CCCCCNC(=O)CCCCC3SCC4NC(=O)NC43)cc2)N1.COC(=O)C1Cc2c([nH]c3ccccc23)C(c2ccc(NC(=O)CCCCCNC(=O)CCCCC3SCC4NC(=O)NC43)cc2)N1C(=O)CCl.CS(Cl)(Cl)Cl. The summed E-state index contributed by atoms with van der Waals surface area (Å²) in [4.78, 5) is 120. The molecule has 23 nitrogen and oxygen atoms in total. The van der Waals surface area contributed by atoms with Crippen LogP contribution in [-0.4, -0.2) is 166 Å². The van der Waals surface area contributed by atoms with Crippen LogP contribution < -0.4 is 47.9 Å². The number of nitrogens with zero attached hydrogens (tertiary/aromatic N) is 1. The number of nitrogens with one attached hydrogen (secondary N) is 11. The van der Waals surface area contributed by atoms with Crippen LogP contribution >= 0.6 is 74.8 Å². The zero-order valence-electron chi connectivity index (χ0n) is 57.9. The second-order valence-electron chi connectivity index (χ2n) is 26.6. The Bertz CT molecular complexity index is 3950. The van der Waals surface area contributed by atoms with Crippen molar-refractivity contribution in [2.45, 2.75) is 174 Å². The first-order valence-corrected chi connectivity index (χ1v) is 42.4. The molecule has 2 aromatic heterocycles. The van der Waals surface area contributed by atoms with Crippen LogP contribution in [0.3, 0.4) is 0 Å². The third-order valence-corrected chi connectivity index (χ3v) is 22.7. The number of methoxy groups -OCH3 is 2. The van der Waals surface area contributed by atoms with Crippen molar-refractivity contribution in [2.75, 3.05) is 61.6 Å². The summed E-state index contributed by atoms with van der Waals surface area (Å²) in [5, 5.41) is 30.2. The van der Waals surface area contributed by atoms with E-state index < -0.39 is 31.8 Å². The zero-order valence-corrected chi connectivity index (χ0v) is 63.4. The van der Waals surface area contributed by atoms with Crippen LogP contribution in [0, 0.1) is 0 Å². The molecule has 10 atom stereocenters. The Morgan fingerprint density at radius 3 is 1.48 bits per heavy atom.